The SMILES string of the molecule is CCCCCCCCCCCCCCCCCCCCCCCCC/C=C/C(O)C(COC1OC(CO)C(OC2OC(CO)C(O)C(OC3(C(=O)O)CC(O)C(NC(C)=O)C(C(O)C(O)CO)O3)C2O)C(O)C1O)NC(=O)CCCCCCCCCCCCCCCCCCCCCCCCCCCCCC. The maximum absolute atomic E-state index is 13.6. The molecule has 3 aliphatic rings. The Bertz CT molecular complexity index is 2170. The minimum absolute atomic E-state index is 0.206. The van der Waals surface area contributed by atoms with Crippen LogP contribution in [0.4, 0.5) is 0 Å². The predicted octanol–water partition coefficient (Wildman–Crippen LogP) is 12.9. The van der Waals surface area contributed by atoms with Crippen LogP contribution in [-0.2, 0) is 42.8 Å². The number of carbonyl (C=O) groups is 3. The van der Waals surface area contributed by atoms with E-state index in [1.807, 2.05) is 6.08 Å². The van der Waals surface area contributed by atoms with Crippen molar-refractivity contribution in [2.75, 3.05) is 26.4 Å². The van der Waals surface area contributed by atoms with E-state index in [0.29, 0.717) is 12.8 Å². The molecule has 0 spiro atoms. The van der Waals surface area contributed by atoms with E-state index in [1.54, 1.807) is 6.08 Å². The molecule has 0 aromatic carbocycles. The predicted molar refractivity (Wildman–Crippen MR) is 417 cm³/mol. The van der Waals surface area contributed by atoms with Crippen LogP contribution in [0.25, 0.3) is 0 Å². The minimum Gasteiger partial charge on any atom is -0.477 e. The molecule has 3 saturated heterocycles. The van der Waals surface area contributed by atoms with Gasteiger partial charge in [0.1, 0.15) is 67.1 Å². The van der Waals surface area contributed by atoms with Crippen LogP contribution in [0.2, 0.25) is 0 Å². The lowest BCUT2D eigenvalue weighted by molar-refractivity contribution is -0.386. The van der Waals surface area contributed by atoms with Gasteiger partial charge in [-0.3, -0.25) is 9.59 Å². The van der Waals surface area contributed by atoms with Gasteiger partial charge in [-0.1, -0.05) is 341 Å². The molecule has 14 N–H and O–H groups in total. The maximum Gasteiger partial charge on any atom is 0.364 e. The largest absolute Gasteiger partial charge is 0.477 e. The van der Waals surface area contributed by atoms with E-state index in [4.69, 9.17) is 28.4 Å². The number of aliphatic carboxylic acids is 1. The van der Waals surface area contributed by atoms with Crippen molar-refractivity contribution in [3.8, 4) is 0 Å². The fourth-order valence-electron chi connectivity index (χ4n) is 15.4. The zero-order valence-electron chi connectivity index (χ0n) is 67.0. The maximum atomic E-state index is 13.6. The summed E-state index contributed by atoms with van der Waals surface area (Å²) in [5, 5.41) is 137. The molecule has 23 heteroatoms. The van der Waals surface area contributed by atoms with Gasteiger partial charge in [-0.25, -0.2) is 4.79 Å². The fourth-order valence-corrected chi connectivity index (χ4v) is 15.4. The van der Waals surface area contributed by atoms with Gasteiger partial charge in [0, 0.05) is 19.8 Å². The molecule has 0 radical (unpaired) electrons. The molecule has 18 atom stereocenters. The number of hydrogen-bond donors (Lipinski definition) is 14. The molecule has 0 aromatic heterocycles. The first kappa shape index (κ1) is 98.7. The highest BCUT2D eigenvalue weighted by atomic mass is 16.8. The first-order valence-corrected chi connectivity index (χ1v) is 43.6. The van der Waals surface area contributed by atoms with Crippen LogP contribution in [0, 0.1) is 0 Å². The van der Waals surface area contributed by atoms with E-state index in [1.165, 1.54) is 276 Å². The average Bonchev–Trinajstić information content (AvgIpc) is 0.753. The van der Waals surface area contributed by atoms with Crippen molar-refractivity contribution in [3.05, 3.63) is 12.2 Å². The Morgan fingerprint density at radius 3 is 1.24 bits per heavy atom. The van der Waals surface area contributed by atoms with Crippen molar-refractivity contribution in [2.45, 2.75) is 477 Å². The van der Waals surface area contributed by atoms with Crippen LogP contribution < -0.4 is 10.6 Å². The molecule has 107 heavy (non-hydrogen) atoms. The summed E-state index contributed by atoms with van der Waals surface area (Å²) in [5.74, 6) is -6.13. The van der Waals surface area contributed by atoms with Gasteiger partial charge in [-0.2, -0.15) is 0 Å². The number of carboxylic acid groups (broad SMARTS) is 1. The van der Waals surface area contributed by atoms with Gasteiger partial charge in [-0.15, -0.1) is 0 Å². The second-order valence-corrected chi connectivity index (χ2v) is 31.8. The molecule has 18 unspecified atom stereocenters. The number of rotatable bonds is 70. The van der Waals surface area contributed by atoms with Gasteiger partial charge in [-0.05, 0) is 19.3 Å². The summed E-state index contributed by atoms with van der Waals surface area (Å²) in [6.07, 6.45) is 41.1. The van der Waals surface area contributed by atoms with E-state index < -0.39 is 155 Å². The molecule has 3 fully saturated rings. The van der Waals surface area contributed by atoms with Crippen LogP contribution in [0.3, 0.4) is 0 Å². The van der Waals surface area contributed by atoms with Crippen molar-refractivity contribution >= 4 is 17.8 Å². The van der Waals surface area contributed by atoms with Gasteiger partial charge in [0.25, 0.3) is 5.79 Å². The zero-order valence-corrected chi connectivity index (χ0v) is 67.0. The van der Waals surface area contributed by atoms with Crippen molar-refractivity contribution in [1.29, 1.82) is 0 Å². The lowest BCUT2D eigenvalue weighted by Crippen LogP contribution is -2.70. The number of nitrogens with one attached hydrogen (secondary N) is 2. The molecule has 0 bridgehead atoms. The molecule has 3 heterocycles. The fraction of sp³-hybridized carbons (Fsp3) is 0.940. The standard InChI is InChI=1S/C84H158N2O21/c1-4-6-8-10-12-14-16-18-20-22-24-26-28-30-31-32-34-36-38-40-42-44-46-48-50-52-54-56-58-71(94)86-65(66(91)57-55-53-51-49-47-45-43-41-39-37-35-33-29-27-25-23-21-19-17-15-13-11-9-7-5-2)63-102-81-76(98)75(97)78(70(62-89)104-81)105-82-77(99)80(74(96)69(61-88)103-82)107-84(83(100)101)59-67(92)72(85-64(3)90)79(106-84)73(95)68(93)60-87/h55,57,65-70,72-82,87-89,91-93,95-99H,4-54,56,58-63H2,1-3H3,(H,85,90)(H,86,94)(H,100,101)/b57-55+. The smallest absolute Gasteiger partial charge is 0.364 e. The van der Waals surface area contributed by atoms with Crippen molar-refractivity contribution in [1.82, 2.24) is 10.6 Å². The summed E-state index contributed by atoms with van der Waals surface area (Å²) in [6, 6.07) is -2.62. The van der Waals surface area contributed by atoms with Crippen LogP contribution in [0.5, 0.6) is 0 Å². The number of unbranched alkanes of at least 4 members (excludes halogenated alkanes) is 50. The van der Waals surface area contributed by atoms with Gasteiger partial charge in [0.05, 0.1) is 50.7 Å². The van der Waals surface area contributed by atoms with E-state index in [9.17, 15) is 75.7 Å². The molecular formula is C84H158N2O21. The lowest BCUT2D eigenvalue weighted by Gasteiger charge is -2.50. The summed E-state index contributed by atoms with van der Waals surface area (Å²) in [6.45, 7) is 2.22. The zero-order chi connectivity index (χ0) is 78.1. The van der Waals surface area contributed by atoms with E-state index in [-0.39, 0.29) is 12.3 Å². The second-order valence-electron chi connectivity index (χ2n) is 31.8. The number of amides is 2. The van der Waals surface area contributed by atoms with Gasteiger partial charge in [0.2, 0.25) is 11.8 Å². The Hall–Kier alpha value is -2.53. The number of aliphatic hydroxyl groups is 11. The highest BCUT2D eigenvalue weighted by Crippen LogP contribution is 2.39. The number of aliphatic hydroxyl groups excluding tert-OH is 11. The molecule has 23 nitrogen and oxygen atoms in total. The third-order valence-corrected chi connectivity index (χ3v) is 22.2. The molecule has 2 amide bonds. The third-order valence-electron chi connectivity index (χ3n) is 22.2. The molecule has 0 aromatic rings. The number of carboxylic acids is 1. The summed E-state index contributed by atoms with van der Waals surface area (Å²) in [4.78, 5) is 38.8. The molecular weight excluding hydrogens is 1370 g/mol. The van der Waals surface area contributed by atoms with Crippen molar-refractivity contribution < 1.29 is 104 Å². The van der Waals surface area contributed by atoms with E-state index >= 15 is 0 Å². The van der Waals surface area contributed by atoms with Gasteiger partial charge < -0.3 is 100 Å². The first-order chi connectivity index (χ1) is 51.9. The Labute approximate surface area is 645 Å². The first-order valence-electron chi connectivity index (χ1n) is 43.6. The van der Waals surface area contributed by atoms with Gasteiger partial charge >= 0.3 is 5.97 Å². The average molecular weight is 1530 g/mol. The minimum atomic E-state index is -3.08. The van der Waals surface area contributed by atoms with E-state index in [0.717, 1.165) is 51.9 Å². The summed E-state index contributed by atoms with van der Waals surface area (Å²) < 4.78 is 35.0. The summed E-state index contributed by atoms with van der Waals surface area (Å²) >= 11 is 0. The quantitative estimate of drug-likeness (QED) is 0.0199. The highest BCUT2D eigenvalue weighted by molar-refractivity contribution is 5.77. The molecule has 0 aliphatic carbocycles. The molecule has 630 valence electrons. The van der Waals surface area contributed by atoms with Crippen molar-refractivity contribution in [2.24, 2.45) is 0 Å². The van der Waals surface area contributed by atoms with Crippen LogP contribution >= 0.6 is 0 Å². The van der Waals surface area contributed by atoms with Crippen LogP contribution in [0.15, 0.2) is 12.2 Å². The monoisotopic (exact) mass is 1530 g/mol. The van der Waals surface area contributed by atoms with Gasteiger partial charge in [0.15, 0.2) is 12.6 Å². The Morgan fingerprint density at radius 1 is 0.486 bits per heavy atom. The number of hydrogen-bond acceptors (Lipinski definition) is 20. The number of allylic oxidation sites excluding steroid dienone is 1. The Balaban J connectivity index is 1.48. The molecule has 3 rings (SSSR count). The highest BCUT2D eigenvalue weighted by Gasteiger charge is 2.60. The van der Waals surface area contributed by atoms with Crippen molar-refractivity contribution in [3.63, 3.8) is 0 Å². The van der Waals surface area contributed by atoms with Crippen LogP contribution in [0.1, 0.15) is 367 Å². The normalized spacial score (nSPS) is 26.0. The molecule has 3 aliphatic heterocycles. The number of carbonyl (C=O) groups excluding carboxylic acids is 2. The number of ether oxygens (including phenoxy) is 6. The Kier molecular flexibility index (Phi) is 58.0. The van der Waals surface area contributed by atoms with Crippen LogP contribution in [-0.4, -0.2) is 215 Å². The third kappa shape index (κ3) is 42.4. The summed E-state index contributed by atoms with van der Waals surface area (Å²) in [7, 11) is 0. The summed E-state index contributed by atoms with van der Waals surface area (Å²) in [5.41, 5.74) is 0. The topological polar surface area (TPSA) is 373 Å². The Morgan fingerprint density at radius 2 is 0.869 bits per heavy atom. The lowest BCUT2D eigenvalue weighted by atomic mass is 9.88. The van der Waals surface area contributed by atoms with E-state index in [2.05, 4.69) is 24.5 Å². The molecule has 0 saturated carbocycles. The second kappa shape index (κ2) is 62.9.